The van der Waals surface area contributed by atoms with Crippen LogP contribution in [0.3, 0.4) is 0 Å². The average molecular weight is 636 g/mol. The number of piperidine rings is 1. The zero-order valence-corrected chi connectivity index (χ0v) is 24.7. The van der Waals surface area contributed by atoms with Gasteiger partial charge in [0.1, 0.15) is 54.1 Å². The van der Waals surface area contributed by atoms with Gasteiger partial charge >= 0.3 is 0 Å². The van der Waals surface area contributed by atoms with Crippen molar-refractivity contribution < 1.29 is 32.5 Å². The maximum absolute atomic E-state index is 14.1. The molecule has 0 radical (unpaired) electrons. The molecule has 4 heterocycles. The highest BCUT2D eigenvalue weighted by atomic mass is 19.1. The van der Waals surface area contributed by atoms with Crippen molar-refractivity contribution in [3.63, 3.8) is 0 Å². The van der Waals surface area contributed by atoms with Gasteiger partial charge in [-0.1, -0.05) is 18.2 Å². The van der Waals surface area contributed by atoms with Gasteiger partial charge in [-0.05, 0) is 54.8 Å². The monoisotopic (exact) mass is 635 g/mol. The minimum atomic E-state index is -1.70. The van der Waals surface area contributed by atoms with Crippen LogP contribution in [0.1, 0.15) is 23.5 Å². The molecule has 0 unspecified atom stereocenters. The van der Waals surface area contributed by atoms with Crippen molar-refractivity contribution in [2.24, 2.45) is 5.92 Å². The first kappa shape index (κ1) is 31.0. The number of halogens is 3. The third-order valence-corrected chi connectivity index (χ3v) is 7.93. The van der Waals surface area contributed by atoms with Gasteiger partial charge in [-0.2, -0.15) is 10.2 Å². The smallest absolute Gasteiger partial charge is 0.231 e. The summed E-state index contributed by atoms with van der Waals surface area (Å²) in [5, 5.41) is 22.2. The van der Waals surface area contributed by atoms with Gasteiger partial charge in [0, 0.05) is 30.2 Å². The maximum atomic E-state index is 14.1. The first-order valence-electron chi connectivity index (χ1n) is 14.7. The third-order valence-electron chi connectivity index (χ3n) is 7.93. The molecule has 0 aliphatic carbocycles. The van der Waals surface area contributed by atoms with Gasteiger partial charge in [0.2, 0.25) is 6.79 Å². The predicted molar refractivity (Wildman–Crippen MR) is 158 cm³/mol. The number of benzene rings is 3. The molecule has 2 aliphatic heterocycles. The molecule has 1 fully saturated rings. The van der Waals surface area contributed by atoms with E-state index in [0.717, 1.165) is 48.9 Å². The lowest BCUT2D eigenvalue weighted by Crippen LogP contribution is -2.38. The highest BCUT2D eigenvalue weighted by Crippen LogP contribution is 2.36. The van der Waals surface area contributed by atoms with Crippen molar-refractivity contribution in [1.82, 2.24) is 34.8 Å². The van der Waals surface area contributed by atoms with Crippen LogP contribution in [0.5, 0.6) is 17.2 Å². The normalized spacial score (nSPS) is 17.3. The molecular formula is C32H32F3N7O4. The lowest BCUT2D eigenvalue weighted by Gasteiger charge is -2.32. The molecule has 1 saturated heterocycles. The number of rotatable bonds is 9. The molecule has 46 heavy (non-hydrogen) atoms. The topological polar surface area (TPSA) is 121 Å². The standard InChI is InChI=1S/C19H20FNO3.C13H12F2N6O/c20-15-3-1-13(2-4-15)17-7-8-21-10-14(17)11-22-16-5-6-18-19(9-16)24-12-23-18;14-10-1-2-11(12(15)3-10)13(22,4-20-8-16-6-18-20)5-21-9-17-7-19-21/h1-6,9,14,17,21H,7-8,10-12H2;1-3,6-9,22H,4-5H2/t14-,17-;/m0./s1. The summed E-state index contributed by atoms with van der Waals surface area (Å²) in [6, 6.07) is 15.5. The van der Waals surface area contributed by atoms with E-state index < -0.39 is 17.2 Å². The van der Waals surface area contributed by atoms with E-state index in [1.165, 1.54) is 58.4 Å². The quantitative estimate of drug-likeness (QED) is 0.247. The Balaban J connectivity index is 0.000000162. The van der Waals surface area contributed by atoms with Gasteiger partial charge in [-0.15, -0.1) is 0 Å². The zero-order chi connectivity index (χ0) is 31.9. The van der Waals surface area contributed by atoms with Crippen LogP contribution in [0.25, 0.3) is 0 Å². The van der Waals surface area contributed by atoms with Crippen LogP contribution in [0, 0.1) is 23.4 Å². The second kappa shape index (κ2) is 14.0. The van der Waals surface area contributed by atoms with Crippen LogP contribution in [-0.4, -0.2) is 61.1 Å². The molecule has 2 N–H and O–H groups in total. The largest absolute Gasteiger partial charge is 0.493 e. The summed E-state index contributed by atoms with van der Waals surface area (Å²) in [4.78, 5) is 7.57. The number of hydrogen-bond donors (Lipinski definition) is 2. The van der Waals surface area contributed by atoms with Gasteiger partial charge in [0.05, 0.1) is 19.7 Å². The summed E-state index contributed by atoms with van der Waals surface area (Å²) in [5.74, 6) is 1.22. The van der Waals surface area contributed by atoms with Gasteiger partial charge in [-0.25, -0.2) is 32.5 Å². The zero-order valence-electron chi connectivity index (χ0n) is 24.7. The van der Waals surface area contributed by atoms with Crippen molar-refractivity contribution in [2.75, 3.05) is 26.5 Å². The average Bonchev–Trinajstić information content (AvgIpc) is 3.85. The van der Waals surface area contributed by atoms with Crippen LogP contribution in [0.2, 0.25) is 0 Å². The fraction of sp³-hybridized carbons (Fsp3) is 0.312. The minimum Gasteiger partial charge on any atom is -0.493 e. The Morgan fingerprint density at radius 2 is 1.57 bits per heavy atom. The summed E-state index contributed by atoms with van der Waals surface area (Å²) in [5.41, 5.74) is -0.573. The fourth-order valence-corrected chi connectivity index (χ4v) is 5.67. The minimum absolute atomic E-state index is 0.0556. The lowest BCUT2D eigenvalue weighted by atomic mass is 9.81. The van der Waals surface area contributed by atoms with Crippen LogP contribution < -0.4 is 19.5 Å². The molecule has 2 aromatic heterocycles. The van der Waals surface area contributed by atoms with Crippen molar-refractivity contribution in [3.05, 3.63) is 115 Å². The summed E-state index contributed by atoms with van der Waals surface area (Å²) in [7, 11) is 0. The molecule has 0 bridgehead atoms. The summed E-state index contributed by atoms with van der Waals surface area (Å²) in [6.07, 6.45) is 6.43. The lowest BCUT2D eigenvalue weighted by molar-refractivity contribution is -0.00856. The fourth-order valence-electron chi connectivity index (χ4n) is 5.67. The maximum Gasteiger partial charge on any atom is 0.231 e. The Bertz CT molecular complexity index is 1670. The number of aliphatic hydroxyl groups is 1. The molecule has 240 valence electrons. The van der Waals surface area contributed by atoms with E-state index in [4.69, 9.17) is 14.2 Å². The van der Waals surface area contributed by atoms with Gasteiger partial charge < -0.3 is 24.6 Å². The van der Waals surface area contributed by atoms with Crippen molar-refractivity contribution in [2.45, 2.75) is 31.0 Å². The molecule has 14 heteroatoms. The molecule has 3 aromatic carbocycles. The molecule has 2 aliphatic rings. The van der Waals surface area contributed by atoms with Crippen LogP contribution >= 0.6 is 0 Å². The van der Waals surface area contributed by atoms with E-state index in [1.807, 2.05) is 30.3 Å². The number of hydrogen-bond acceptors (Lipinski definition) is 9. The third kappa shape index (κ3) is 7.46. The molecular weight excluding hydrogens is 603 g/mol. The SMILES string of the molecule is Fc1ccc([C@@H]2CCNC[C@H]2COc2ccc3c(c2)OCO3)cc1.OC(Cn1cncn1)(Cn1cncn1)c1ccc(F)cc1F. The Hall–Kier alpha value is -4.95. The molecule has 7 rings (SSSR count). The number of nitrogens with zero attached hydrogens (tertiary/aromatic N) is 6. The Kier molecular flexibility index (Phi) is 9.45. The van der Waals surface area contributed by atoms with Crippen molar-refractivity contribution in [1.29, 1.82) is 0 Å². The highest BCUT2D eigenvalue weighted by molar-refractivity contribution is 5.46. The van der Waals surface area contributed by atoms with Crippen LogP contribution in [0.15, 0.2) is 86.0 Å². The van der Waals surface area contributed by atoms with E-state index in [-0.39, 0.29) is 31.3 Å². The second-order valence-corrected chi connectivity index (χ2v) is 11.1. The second-order valence-electron chi connectivity index (χ2n) is 11.1. The molecule has 0 spiro atoms. The van der Waals surface area contributed by atoms with Crippen molar-refractivity contribution >= 4 is 0 Å². The molecule has 11 nitrogen and oxygen atoms in total. The number of fused-ring (bicyclic) bond motifs is 1. The first-order chi connectivity index (χ1) is 22.4. The number of nitrogens with one attached hydrogen (secondary N) is 1. The van der Waals surface area contributed by atoms with Gasteiger partial charge in [-0.3, -0.25) is 0 Å². The molecule has 0 amide bonds. The Labute approximate surface area is 262 Å². The Morgan fingerprint density at radius 1 is 0.870 bits per heavy atom. The van der Waals surface area contributed by atoms with Crippen molar-refractivity contribution in [3.8, 4) is 17.2 Å². The van der Waals surface area contributed by atoms with Crippen LogP contribution in [0.4, 0.5) is 13.2 Å². The number of aromatic nitrogens is 6. The van der Waals surface area contributed by atoms with E-state index in [2.05, 4.69) is 25.5 Å². The summed E-state index contributed by atoms with van der Waals surface area (Å²) >= 11 is 0. The van der Waals surface area contributed by atoms with E-state index in [1.54, 1.807) is 0 Å². The molecule has 0 saturated carbocycles. The van der Waals surface area contributed by atoms with E-state index in [0.29, 0.717) is 18.4 Å². The summed E-state index contributed by atoms with van der Waals surface area (Å²) in [6.45, 7) is 2.59. The highest BCUT2D eigenvalue weighted by Gasteiger charge is 2.34. The van der Waals surface area contributed by atoms with Gasteiger partial charge in [0.15, 0.2) is 11.5 Å². The molecule has 2 atom stereocenters. The van der Waals surface area contributed by atoms with Crippen LogP contribution in [-0.2, 0) is 18.7 Å². The van der Waals surface area contributed by atoms with E-state index in [9.17, 15) is 18.3 Å². The number of ether oxygens (including phenoxy) is 3. The summed E-state index contributed by atoms with van der Waals surface area (Å²) < 4.78 is 59.8. The van der Waals surface area contributed by atoms with Gasteiger partial charge in [0.25, 0.3) is 0 Å². The first-order valence-corrected chi connectivity index (χ1v) is 14.7. The van der Waals surface area contributed by atoms with E-state index >= 15 is 0 Å². The predicted octanol–water partition coefficient (Wildman–Crippen LogP) is 4.06. The Morgan fingerprint density at radius 3 is 2.24 bits per heavy atom. The molecule has 5 aromatic rings.